The summed E-state index contributed by atoms with van der Waals surface area (Å²) in [5.74, 6) is -5.08. The number of carbonyl (C=O) groups is 1. The molecular formula is C9H7F3O4P+. The summed E-state index contributed by atoms with van der Waals surface area (Å²) in [5, 5.41) is 0. The molecule has 0 spiro atoms. The van der Waals surface area contributed by atoms with Crippen molar-refractivity contribution in [3.63, 3.8) is 0 Å². The third-order valence-corrected chi connectivity index (χ3v) is 2.43. The highest BCUT2D eigenvalue weighted by molar-refractivity contribution is 7.58. The molecule has 1 rings (SSSR count). The van der Waals surface area contributed by atoms with Crippen LogP contribution in [-0.4, -0.2) is 12.3 Å². The molecule has 0 heterocycles. The van der Waals surface area contributed by atoms with E-state index >= 15 is 0 Å². The summed E-state index contributed by atoms with van der Waals surface area (Å²) in [4.78, 5) is 11.0. The lowest BCUT2D eigenvalue weighted by Crippen LogP contribution is -2.05. The van der Waals surface area contributed by atoms with Crippen molar-refractivity contribution in [2.24, 2.45) is 0 Å². The molecule has 0 bridgehead atoms. The smallest absolute Gasteiger partial charge is 0.380 e. The van der Waals surface area contributed by atoms with Crippen molar-refractivity contribution < 1.29 is 31.8 Å². The third kappa shape index (κ3) is 3.51. The lowest BCUT2D eigenvalue weighted by molar-refractivity contribution is 0.214. The van der Waals surface area contributed by atoms with Crippen LogP contribution in [0.5, 0.6) is 5.75 Å². The first-order valence-corrected chi connectivity index (χ1v) is 5.60. The van der Waals surface area contributed by atoms with Crippen LogP contribution in [0.3, 0.4) is 0 Å². The van der Waals surface area contributed by atoms with Gasteiger partial charge in [-0.15, -0.1) is 4.52 Å². The molecule has 1 aromatic carbocycles. The second kappa shape index (κ2) is 5.75. The van der Waals surface area contributed by atoms with E-state index in [2.05, 4.69) is 9.26 Å². The van der Waals surface area contributed by atoms with Crippen LogP contribution in [0, 0.1) is 17.5 Å². The number of hydrogen-bond acceptors (Lipinski definition) is 4. The predicted molar refractivity (Wildman–Crippen MR) is 51.6 cm³/mol. The summed E-state index contributed by atoms with van der Waals surface area (Å²) < 4.78 is 58.1. The van der Waals surface area contributed by atoms with Gasteiger partial charge in [-0.1, -0.05) is 0 Å². The van der Waals surface area contributed by atoms with E-state index in [-0.39, 0.29) is 6.61 Å². The van der Waals surface area contributed by atoms with E-state index in [1.165, 1.54) is 6.92 Å². The van der Waals surface area contributed by atoms with Crippen LogP contribution in [-0.2, 0) is 9.09 Å². The van der Waals surface area contributed by atoms with Crippen molar-refractivity contribution >= 4 is 13.7 Å². The highest BCUT2D eigenvalue weighted by Gasteiger charge is 2.35. The maximum Gasteiger partial charge on any atom is 0.636 e. The Bertz CT molecular complexity index is 441. The zero-order chi connectivity index (χ0) is 13.0. The van der Waals surface area contributed by atoms with Gasteiger partial charge in [0.15, 0.2) is 11.6 Å². The number of carbonyl (C=O) groups excluding carboxylic acids is 1. The minimum Gasteiger partial charge on any atom is -0.380 e. The molecule has 0 aliphatic heterocycles. The number of hydrogen-bond donors (Lipinski definition) is 0. The Balaban J connectivity index is 2.89. The Kier molecular flexibility index (Phi) is 4.60. The summed E-state index contributed by atoms with van der Waals surface area (Å²) in [6.45, 7) is 1.44. The number of halogens is 3. The molecule has 17 heavy (non-hydrogen) atoms. The largest absolute Gasteiger partial charge is 0.636 e. The van der Waals surface area contributed by atoms with Gasteiger partial charge in [-0.05, 0) is 11.5 Å². The summed E-state index contributed by atoms with van der Waals surface area (Å²) in [7, 11) is -2.84. The van der Waals surface area contributed by atoms with Gasteiger partial charge < -0.3 is 4.74 Å². The molecule has 8 heteroatoms. The van der Waals surface area contributed by atoms with E-state index in [4.69, 9.17) is 0 Å². The molecule has 0 fully saturated rings. The number of benzene rings is 1. The molecule has 0 N–H and O–H groups in total. The van der Waals surface area contributed by atoms with Gasteiger partial charge in [0.25, 0.3) is 0 Å². The summed E-state index contributed by atoms with van der Waals surface area (Å²) in [6, 6.07) is 0.666. The van der Waals surface area contributed by atoms with E-state index in [0.29, 0.717) is 12.1 Å². The van der Waals surface area contributed by atoms with Crippen LogP contribution >= 0.6 is 8.03 Å². The van der Waals surface area contributed by atoms with E-state index in [9.17, 15) is 22.5 Å². The van der Waals surface area contributed by atoms with Gasteiger partial charge in [-0.2, -0.15) is 4.79 Å². The van der Waals surface area contributed by atoms with Crippen molar-refractivity contribution in [1.29, 1.82) is 0 Å². The summed E-state index contributed by atoms with van der Waals surface area (Å²) in [6.07, 6.45) is 0. The van der Waals surface area contributed by atoms with Crippen molar-refractivity contribution in [1.82, 2.24) is 0 Å². The summed E-state index contributed by atoms with van der Waals surface area (Å²) >= 11 is 0. The van der Waals surface area contributed by atoms with Gasteiger partial charge in [-0.25, -0.2) is 13.2 Å². The molecule has 0 radical (unpaired) electrons. The second-order valence-electron chi connectivity index (χ2n) is 2.74. The quantitative estimate of drug-likeness (QED) is 0.784. The highest BCUT2D eigenvalue weighted by Crippen LogP contribution is 2.29. The van der Waals surface area contributed by atoms with Crippen LogP contribution in [0.2, 0.25) is 0 Å². The molecule has 0 aliphatic rings. The van der Waals surface area contributed by atoms with Gasteiger partial charge in [0.1, 0.15) is 12.4 Å². The molecule has 0 amide bonds. The van der Waals surface area contributed by atoms with Crippen LogP contribution in [0.25, 0.3) is 0 Å². The zero-order valence-electron chi connectivity index (χ0n) is 8.58. The standard InChI is InChI=1S/C9H7F3O4P/c1-2-15-17(14)9(13)16-8-6(11)3-5(10)4-7(8)12/h3-4H,2H2,1H3/q+1. The molecule has 0 aliphatic carbocycles. The lowest BCUT2D eigenvalue weighted by Gasteiger charge is -2.01. The molecule has 0 saturated carbocycles. The Morgan fingerprint density at radius 2 is 1.82 bits per heavy atom. The minimum absolute atomic E-state index is 0.0291. The second-order valence-corrected chi connectivity index (χ2v) is 3.88. The fourth-order valence-electron chi connectivity index (χ4n) is 0.921. The highest BCUT2D eigenvalue weighted by atomic mass is 31.1. The molecule has 4 nitrogen and oxygen atoms in total. The van der Waals surface area contributed by atoms with Gasteiger partial charge in [0, 0.05) is 12.1 Å². The maximum absolute atomic E-state index is 13.0. The SMILES string of the molecule is CCO[P+](=O)C(=O)Oc1c(F)cc(F)cc1F. The predicted octanol–water partition coefficient (Wildman–Crippen LogP) is 3.38. The monoisotopic (exact) mass is 267 g/mol. The minimum atomic E-state index is -2.84. The molecule has 0 aromatic heterocycles. The molecule has 1 unspecified atom stereocenters. The van der Waals surface area contributed by atoms with Gasteiger partial charge in [0.05, 0.1) is 0 Å². The van der Waals surface area contributed by atoms with E-state index in [0.717, 1.165) is 0 Å². The first-order valence-electron chi connectivity index (χ1n) is 4.42. The van der Waals surface area contributed by atoms with Crippen molar-refractivity contribution in [2.75, 3.05) is 6.61 Å². The first kappa shape index (κ1) is 13.6. The molecule has 1 atom stereocenters. The average molecular weight is 267 g/mol. The van der Waals surface area contributed by atoms with Gasteiger partial charge >= 0.3 is 13.7 Å². The molecule has 92 valence electrons. The Hall–Kier alpha value is -1.46. The van der Waals surface area contributed by atoms with Crippen LogP contribution in [0.4, 0.5) is 18.0 Å². The Morgan fingerprint density at radius 3 is 2.29 bits per heavy atom. The summed E-state index contributed by atoms with van der Waals surface area (Å²) in [5.41, 5.74) is -1.44. The van der Waals surface area contributed by atoms with Crippen molar-refractivity contribution in [3.8, 4) is 5.75 Å². The zero-order valence-corrected chi connectivity index (χ0v) is 9.47. The van der Waals surface area contributed by atoms with E-state index in [1.807, 2.05) is 0 Å². The normalized spacial score (nSPS) is 11.2. The van der Waals surface area contributed by atoms with Crippen molar-refractivity contribution in [3.05, 3.63) is 29.6 Å². The van der Waals surface area contributed by atoms with Crippen LogP contribution < -0.4 is 4.74 Å². The molecular weight excluding hydrogens is 260 g/mol. The Morgan fingerprint density at radius 1 is 1.29 bits per heavy atom. The first-order chi connectivity index (χ1) is 7.95. The lowest BCUT2D eigenvalue weighted by atomic mass is 10.3. The van der Waals surface area contributed by atoms with Crippen molar-refractivity contribution in [2.45, 2.75) is 6.92 Å². The van der Waals surface area contributed by atoms with E-state index in [1.54, 1.807) is 0 Å². The van der Waals surface area contributed by atoms with Crippen LogP contribution in [0.15, 0.2) is 12.1 Å². The maximum atomic E-state index is 13.0. The molecule has 0 saturated heterocycles. The third-order valence-electron chi connectivity index (χ3n) is 1.55. The Labute approximate surface area is 95.2 Å². The average Bonchev–Trinajstić information content (AvgIpc) is 2.23. The van der Waals surface area contributed by atoms with E-state index < -0.39 is 36.9 Å². The topological polar surface area (TPSA) is 52.6 Å². The fraction of sp³-hybridized carbons (Fsp3) is 0.222. The number of ether oxygens (including phenoxy) is 1. The van der Waals surface area contributed by atoms with Crippen LogP contribution in [0.1, 0.15) is 6.92 Å². The molecule has 1 aromatic rings. The van der Waals surface area contributed by atoms with Gasteiger partial charge in [-0.3, -0.25) is 0 Å². The fourth-order valence-corrected chi connectivity index (χ4v) is 1.43. The van der Waals surface area contributed by atoms with Gasteiger partial charge in [0.2, 0.25) is 5.75 Å². The number of rotatable bonds is 4.